The first-order valence-electron chi connectivity index (χ1n) is 3.66. The summed E-state index contributed by atoms with van der Waals surface area (Å²) in [4.78, 5) is 0. The average molecular weight is 140 g/mol. The third kappa shape index (κ3) is 4.33. The predicted molar refractivity (Wildman–Crippen MR) is 46.9 cm³/mol. The van der Waals surface area contributed by atoms with E-state index in [1.54, 1.807) is 0 Å². The van der Waals surface area contributed by atoms with E-state index in [4.69, 9.17) is 0 Å². The summed E-state index contributed by atoms with van der Waals surface area (Å²) >= 11 is 0. The predicted octanol–water partition coefficient (Wildman–Crippen LogP) is 1.82. The highest BCUT2D eigenvalue weighted by atomic mass is 15.3. The van der Waals surface area contributed by atoms with Crippen molar-refractivity contribution in [3.8, 4) is 0 Å². The number of rotatable bonds is 4. The maximum absolute atomic E-state index is 3.71. The number of hydrogen-bond donors (Lipinski definition) is 0. The Balaban J connectivity index is 3.73. The van der Waals surface area contributed by atoms with Gasteiger partial charge in [-0.1, -0.05) is 12.7 Å². The van der Waals surface area contributed by atoms with E-state index < -0.39 is 0 Å². The lowest BCUT2D eigenvalue weighted by molar-refractivity contribution is -0.878. The maximum Gasteiger partial charge on any atom is 0.0971 e. The Morgan fingerprint density at radius 3 is 2.30 bits per heavy atom. The Morgan fingerprint density at radius 2 is 1.90 bits per heavy atom. The second-order valence-corrected chi connectivity index (χ2v) is 3.16. The highest BCUT2D eigenvalue weighted by molar-refractivity contribution is 4.77. The number of allylic oxidation sites excluding steroid dienone is 1. The SMILES string of the molecule is C=CC[N+](C)(C)CC=CC. The molecule has 10 heavy (non-hydrogen) atoms. The summed E-state index contributed by atoms with van der Waals surface area (Å²) in [6, 6.07) is 0. The van der Waals surface area contributed by atoms with Crippen LogP contribution in [-0.4, -0.2) is 31.7 Å². The van der Waals surface area contributed by atoms with Gasteiger partial charge in [0.2, 0.25) is 0 Å². The van der Waals surface area contributed by atoms with E-state index in [2.05, 4.69) is 32.8 Å². The van der Waals surface area contributed by atoms with E-state index in [9.17, 15) is 0 Å². The number of nitrogens with zero attached hydrogens (tertiary/aromatic N) is 1. The zero-order valence-electron chi connectivity index (χ0n) is 7.30. The first kappa shape index (κ1) is 9.44. The molecule has 0 atom stereocenters. The van der Waals surface area contributed by atoms with Crippen molar-refractivity contribution in [2.24, 2.45) is 0 Å². The average Bonchev–Trinajstić information content (AvgIpc) is 1.84. The molecule has 0 bridgehead atoms. The van der Waals surface area contributed by atoms with Gasteiger partial charge in [-0.15, -0.1) is 0 Å². The van der Waals surface area contributed by atoms with Crippen LogP contribution in [-0.2, 0) is 0 Å². The Bertz CT molecular complexity index is 123. The fourth-order valence-corrected chi connectivity index (χ4v) is 0.815. The van der Waals surface area contributed by atoms with Crippen molar-refractivity contribution in [1.29, 1.82) is 0 Å². The summed E-state index contributed by atoms with van der Waals surface area (Å²) in [6.45, 7) is 7.88. The minimum absolute atomic E-state index is 0.994. The number of likely N-dealkylation sites (N-methyl/N-ethyl adjacent to an activating group) is 1. The molecule has 0 amide bonds. The largest absolute Gasteiger partial charge is 0.322 e. The summed E-state index contributed by atoms with van der Waals surface area (Å²) in [7, 11) is 4.39. The molecular weight excluding hydrogens is 122 g/mol. The lowest BCUT2D eigenvalue weighted by Crippen LogP contribution is -2.39. The quantitative estimate of drug-likeness (QED) is 0.413. The van der Waals surface area contributed by atoms with Gasteiger partial charge in [0.15, 0.2) is 0 Å². The second kappa shape index (κ2) is 4.29. The summed E-state index contributed by atoms with van der Waals surface area (Å²) in [6.07, 6.45) is 6.23. The smallest absolute Gasteiger partial charge is 0.0971 e. The zero-order valence-corrected chi connectivity index (χ0v) is 7.30. The molecule has 0 aliphatic carbocycles. The third-order valence-electron chi connectivity index (χ3n) is 1.46. The van der Waals surface area contributed by atoms with Crippen LogP contribution in [0, 0.1) is 0 Å². The molecule has 0 fully saturated rings. The summed E-state index contributed by atoms with van der Waals surface area (Å²) < 4.78 is 0.994. The molecule has 0 rings (SSSR count). The molecule has 0 unspecified atom stereocenters. The van der Waals surface area contributed by atoms with Crippen molar-refractivity contribution in [3.63, 3.8) is 0 Å². The first-order valence-corrected chi connectivity index (χ1v) is 3.66. The van der Waals surface area contributed by atoms with Gasteiger partial charge in [-0.2, -0.15) is 0 Å². The Kier molecular flexibility index (Phi) is 4.05. The Hall–Kier alpha value is -0.560. The minimum atomic E-state index is 0.994. The molecular formula is C9H18N+. The molecule has 0 aromatic carbocycles. The fourth-order valence-electron chi connectivity index (χ4n) is 0.815. The summed E-state index contributed by atoms with van der Waals surface area (Å²) in [5.41, 5.74) is 0. The molecule has 0 aromatic heterocycles. The molecule has 0 radical (unpaired) electrons. The fraction of sp³-hybridized carbons (Fsp3) is 0.556. The normalized spacial score (nSPS) is 12.3. The van der Waals surface area contributed by atoms with Crippen LogP contribution in [0.15, 0.2) is 24.8 Å². The van der Waals surface area contributed by atoms with Gasteiger partial charge in [0.1, 0.15) is 0 Å². The van der Waals surface area contributed by atoms with E-state index in [-0.39, 0.29) is 0 Å². The van der Waals surface area contributed by atoms with E-state index in [0.29, 0.717) is 0 Å². The van der Waals surface area contributed by atoms with Crippen LogP contribution in [0.1, 0.15) is 6.92 Å². The molecule has 1 nitrogen and oxygen atoms in total. The molecule has 1 heteroatoms. The molecule has 0 aliphatic heterocycles. The molecule has 0 saturated heterocycles. The van der Waals surface area contributed by atoms with Crippen LogP contribution in [0.25, 0.3) is 0 Å². The van der Waals surface area contributed by atoms with Crippen LogP contribution in [0.4, 0.5) is 0 Å². The summed E-state index contributed by atoms with van der Waals surface area (Å²) in [5.74, 6) is 0. The molecule has 0 heterocycles. The van der Waals surface area contributed by atoms with Gasteiger partial charge in [-0.3, -0.25) is 0 Å². The van der Waals surface area contributed by atoms with Crippen LogP contribution in [0.3, 0.4) is 0 Å². The van der Waals surface area contributed by atoms with E-state index in [1.807, 2.05) is 13.0 Å². The second-order valence-electron chi connectivity index (χ2n) is 3.16. The van der Waals surface area contributed by atoms with Crippen LogP contribution < -0.4 is 0 Å². The molecule has 58 valence electrons. The maximum atomic E-state index is 3.71. The monoisotopic (exact) mass is 140 g/mol. The Morgan fingerprint density at radius 1 is 1.30 bits per heavy atom. The van der Waals surface area contributed by atoms with Crippen LogP contribution in [0.5, 0.6) is 0 Å². The molecule has 0 saturated carbocycles. The van der Waals surface area contributed by atoms with Crippen molar-refractivity contribution in [1.82, 2.24) is 0 Å². The third-order valence-corrected chi connectivity index (χ3v) is 1.46. The van der Waals surface area contributed by atoms with Gasteiger partial charge in [0, 0.05) is 0 Å². The van der Waals surface area contributed by atoms with Gasteiger partial charge in [-0.25, -0.2) is 0 Å². The van der Waals surface area contributed by atoms with Crippen molar-refractivity contribution >= 4 is 0 Å². The van der Waals surface area contributed by atoms with E-state index in [1.165, 1.54) is 0 Å². The van der Waals surface area contributed by atoms with Crippen LogP contribution >= 0.6 is 0 Å². The van der Waals surface area contributed by atoms with E-state index >= 15 is 0 Å². The highest BCUT2D eigenvalue weighted by Crippen LogP contribution is 1.96. The van der Waals surface area contributed by atoms with Gasteiger partial charge < -0.3 is 4.48 Å². The van der Waals surface area contributed by atoms with Crippen molar-refractivity contribution in [2.75, 3.05) is 27.2 Å². The topological polar surface area (TPSA) is 0 Å². The number of hydrogen-bond acceptors (Lipinski definition) is 0. The molecule has 0 aromatic rings. The van der Waals surface area contributed by atoms with Crippen molar-refractivity contribution in [3.05, 3.63) is 24.8 Å². The van der Waals surface area contributed by atoms with Gasteiger partial charge >= 0.3 is 0 Å². The first-order chi connectivity index (χ1) is 4.62. The van der Waals surface area contributed by atoms with Gasteiger partial charge in [0.05, 0.1) is 27.2 Å². The number of quaternary nitrogens is 1. The highest BCUT2D eigenvalue weighted by Gasteiger charge is 2.08. The van der Waals surface area contributed by atoms with Crippen molar-refractivity contribution in [2.45, 2.75) is 6.92 Å². The minimum Gasteiger partial charge on any atom is -0.322 e. The van der Waals surface area contributed by atoms with E-state index in [0.717, 1.165) is 17.6 Å². The van der Waals surface area contributed by atoms with Gasteiger partial charge in [0.25, 0.3) is 0 Å². The lowest BCUT2D eigenvalue weighted by Gasteiger charge is -2.26. The van der Waals surface area contributed by atoms with Gasteiger partial charge in [-0.05, 0) is 19.1 Å². The molecule has 0 spiro atoms. The van der Waals surface area contributed by atoms with Crippen molar-refractivity contribution < 1.29 is 4.48 Å². The molecule has 0 aliphatic rings. The standard InChI is InChI=1S/C9H18N/c1-5-7-9-10(3,4)8-6-2/h5-7H,2,8-9H2,1,3-4H3/q+1. The zero-order chi connectivity index (χ0) is 8.04. The molecule has 0 N–H and O–H groups in total. The lowest BCUT2D eigenvalue weighted by atomic mass is 10.4. The summed E-state index contributed by atoms with van der Waals surface area (Å²) in [5, 5.41) is 0. The Labute approximate surface area is 64.2 Å². The van der Waals surface area contributed by atoms with Crippen LogP contribution in [0.2, 0.25) is 0 Å².